The average molecular weight is 286 g/mol. The predicted molar refractivity (Wildman–Crippen MR) is 76.5 cm³/mol. The van der Waals surface area contributed by atoms with E-state index in [1.807, 2.05) is 6.07 Å². The number of aromatic amines is 1. The third-order valence-corrected chi connectivity index (χ3v) is 2.74. The van der Waals surface area contributed by atoms with Crippen LogP contribution in [0.1, 0.15) is 11.3 Å². The Hall–Kier alpha value is -2.89. The number of nitrogens with two attached hydrogens (primary N) is 1. The van der Waals surface area contributed by atoms with Gasteiger partial charge in [0.15, 0.2) is 6.20 Å². The Morgan fingerprint density at radius 3 is 2.62 bits per heavy atom. The van der Waals surface area contributed by atoms with Crippen molar-refractivity contribution >= 4 is 11.8 Å². The number of methoxy groups -OCH3 is 1. The summed E-state index contributed by atoms with van der Waals surface area (Å²) in [5, 5.41) is 3.61. The first kappa shape index (κ1) is 14.5. The van der Waals surface area contributed by atoms with E-state index < -0.39 is 5.97 Å². The van der Waals surface area contributed by atoms with Crippen molar-refractivity contribution in [1.82, 2.24) is 0 Å². The van der Waals surface area contributed by atoms with Crippen LogP contribution in [-0.2, 0) is 16.1 Å². The zero-order valence-corrected chi connectivity index (χ0v) is 11.6. The highest BCUT2D eigenvalue weighted by molar-refractivity contribution is 5.94. The van der Waals surface area contributed by atoms with Crippen LogP contribution in [0.4, 0.5) is 0 Å². The van der Waals surface area contributed by atoms with Gasteiger partial charge in [0.1, 0.15) is 5.75 Å². The van der Waals surface area contributed by atoms with E-state index in [0.29, 0.717) is 5.69 Å². The molecule has 0 aliphatic heterocycles. The number of aromatic nitrogens is 1. The van der Waals surface area contributed by atoms with Crippen molar-refractivity contribution in [1.29, 1.82) is 0 Å². The molecule has 6 nitrogen and oxygen atoms in total. The molecule has 0 saturated carbocycles. The molecule has 1 aromatic carbocycles. The van der Waals surface area contributed by atoms with Gasteiger partial charge in [0, 0.05) is 12.1 Å². The Bertz CT molecular complexity index is 624. The summed E-state index contributed by atoms with van der Waals surface area (Å²) in [7, 11) is 1.58. The number of H-pyrrole nitrogens is 1. The zero-order valence-electron chi connectivity index (χ0n) is 11.6. The lowest BCUT2D eigenvalue weighted by molar-refractivity contribution is -0.380. The highest BCUT2D eigenvalue weighted by atomic mass is 16.7. The van der Waals surface area contributed by atoms with Gasteiger partial charge in [-0.2, -0.15) is 0 Å². The molecule has 0 atom stereocenters. The Kier molecular flexibility index (Phi) is 4.87. The first-order valence-corrected chi connectivity index (χ1v) is 6.32. The molecule has 1 aromatic heterocycles. The maximum Gasteiger partial charge on any atom is 0.339 e. The molecule has 6 heteroatoms. The number of oxime groups is 1. The average Bonchev–Trinajstić information content (AvgIpc) is 2.54. The number of carbonyl (C=O) groups excluding carboxylic acids is 1. The monoisotopic (exact) mass is 286 g/mol. The molecule has 2 aromatic rings. The minimum absolute atomic E-state index is 0.110. The van der Waals surface area contributed by atoms with E-state index in [0.717, 1.165) is 11.3 Å². The fraction of sp³-hybridized carbons (Fsp3) is 0.133. The number of hydrogen-bond donors (Lipinski definition) is 1. The molecule has 0 amide bonds. The van der Waals surface area contributed by atoms with E-state index in [2.05, 4.69) is 10.1 Å². The van der Waals surface area contributed by atoms with Gasteiger partial charge in [0.05, 0.1) is 13.5 Å². The fourth-order valence-electron chi connectivity index (χ4n) is 1.64. The van der Waals surface area contributed by atoms with E-state index in [1.54, 1.807) is 49.7 Å². The molecular formula is C15H16N3O3+. The van der Waals surface area contributed by atoms with Crippen molar-refractivity contribution in [3.63, 3.8) is 0 Å². The van der Waals surface area contributed by atoms with E-state index in [4.69, 9.17) is 15.3 Å². The van der Waals surface area contributed by atoms with Crippen LogP contribution in [0.5, 0.6) is 5.75 Å². The summed E-state index contributed by atoms with van der Waals surface area (Å²) in [4.78, 5) is 19.4. The quantitative estimate of drug-likeness (QED) is 0.383. The number of hydrogen-bond acceptors (Lipinski definition) is 4. The van der Waals surface area contributed by atoms with Crippen LogP contribution >= 0.6 is 0 Å². The smallest absolute Gasteiger partial charge is 0.339 e. The van der Waals surface area contributed by atoms with Gasteiger partial charge in [0.25, 0.3) is 0 Å². The van der Waals surface area contributed by atoms with Crippen LogP contribution in [-0.4, -0.2) is 18.9 Å². The van der Waals surface area contributed by atoms with Crippen LogP contribution < -0.4 is 15.5 Å². The van der Waals surface area contributed by atoms with Crippen LogP contribution in [0.15, 0.2) is 53.8 Å². The maximum absolute atomic E-state index is 11.7. The van der Waals surface area contributed by atoms with Gasteiger partial charge in [-0.3, -0.25) is 0 Å². The minimum atomic E-state index is -0.487. The van der Waals surface area contributed by atoms with Gasteiger partial charge in [-0.25, -0.2) is 9.78 Å². The van der Waals surface area contributed by atoms with Crippen LogP contribution in [0, 0.1) is 0 Å². The predicted octanol–water partition coefficient (Wildman–Crippen LogP) is 0.915. The van der Waals surface area contributed by atoms with E-state index in [1.165, 1.54) is 0 Å². The molecule has 21 heavy (non-hydrogen) atoms. The molecule has 0 unspecified atom stereocenters. The Morgan fingerprint density at radius 2 is 2.00 bits per heavy atom. The summed E-state index contributed by atoms with van der Waals surface area (Å²) in [5.41, 5.74) is 7.08. The first-order chi connectivity index (χ1) is 10.2. The van der Waals surface area contributed by atoms with Crippen molar-refractivity contribution < 1.29 is 19.4 Å². The molecule has 0 spiro atoms. The molecule has 108 valence electrons. The molecule has 0 fully saturated rings. The summed E-state index contributed by atoms with van der Waals surface area (Å²) in [6, 6.07) is 12.5. The second-order valence-electron chi connectivity index (χ2n) is 4.24. The SMILES string of the molecule is COc1ccc(CC(=O)ON=C(N)c2cccc[nH+]2)cc1. The number of benzene rings is 1. The second-order valence-corrected chi connectivity index (χ2v) is 4.24. The number of carbonyl (C=O) groups is 1. The number of amidine groups is 1. The molecule has 0 bridgehead atoms. The Morgan fingerprint density at radius 1 is 1.24 bits per heavy atom. The van der Waals surface area contributed by atoms with Gasteiger partial charge < -0.3 is 15.3 Å². The lowest BCUT2D eigenvalue weighted by atomic mass is 10.1. The lowest BCUT2D eigenvalue weighted by Crippen LogP contribution is -2.24. The molecule has 2 rings (SSSR count). The van der Waals surface area contributed by atoms with Gasteiger partial charge in [0.2, 0.25) is 11.5 Å². The minimum Gasteiger partial charge on any atom is -0.497 e. The van der Waals surface area contributed by atoms with Gasteiger partial charge in [-0.15, -0.1) is 0 Å². The lowest BCUT2D eigenvalue weighted by Gasteiger charge is -2.02. The van der Waals surface area contributed by atoms with E-state index >= 15 is 0 Å². The Balaban J connectivity index is 1.92. The molecule has 0 aliphatic rings. The highest BCUT2D eigenvalue weighted by Gasteiger charge is 2.09. The van der Waals surface area contributed by atoms with Crippen molar-refractivity contribution in [2.75, 3.05) is 7.11 Å². The first-order valence-electron chi connectivity index (χ1n) is 6.32. The number of nitrogens with zero attached hydrogens (tertiary/aromatic N) is 1. The highest BCUT2D eigenvalue weighted by Crippen LogP contribution is 2.12. The van der Waals surface area contributed by atoms with Gasteiger partial charge in [-0.1, -0.05) is 17.3 Å². The molecule has 0 saturated heterocycles. The summed E-state index contributed by atoms with van der Waals surface area (Å²) in [5.74, 6) is 0.353. The van der Waals surface area contributed by atoms with Crippen LogP contribution in [0.2, 0.25) is 0 Å². The van der Waals surface area contributed by atoms with E-state index in [9.17, 15) is 4.79 Å². The number of pyridine rings is 1. The van der Waals surface area contributed by atoms with Gasteiger partial charge >= 0.3 is 5.97 Å². The molecule has 3 N–H and O–H groups in total. The number of ether oxygens (including phenoxy) is 1. The van der Waals surface area contributed by atoms with Crippen LogP contribution in [0.3, 0.4) is 0 Å². The summed E-state index contributed by atoms with van der Waals surface area (Å²) in [6.45, 7) is 0. The summed E-state index contributed by atoms with van der Waals surface area (Å²) in [6.07, 6.45) is 1.82. The third kappa shape index (κ3) is 4.31. The van der Waals surface area contributed by atoms with E-state index in [-0.39, 0.29) is 12.3 Å². The summed E-state index contributed by atoms with van der Waals surface area (Å²) >= 11 is 0. The normalized spacial score (nSPS) is 11.0. The van der Waals surface area contributed by atoms with Crippen molar-refractivity contribution in [3.8, 4) is 5.75 Å². The van der Waals surface area contributed by atoms with Gasteiger partial charge in [-0.05, 0) is 23.8 Å². The number of rotatable bonds is 5. The summed E-state index contributed by atoms with van der Waals surface area (Å²) < 4.78 is 5.04. The second kappa shape index (κ2) is 7.04. The topological polar surface area (TPSA) is 88.0 Å². The van der Waals surface area contributed by atoms with Crippen molar-refractivity contribution in [3.05, 3.63) is 59.9 Å². The third-order valence-electron chi connectivity index (χ3n) is 2.74. The van der Waals surface area contributed by atoms with Crippen LogP contribution in [0.25, 0.3) is 0 Å². The standard InChI is InChI=1S/C15H15N3O3/c1-20-12-7-5-11(6-8-12)10-14(19)21-18-15(16)13-4-2-3-9-17-13/h2-9H,10H2,1H3,(H2,16,18)/p+1. The molecule has 0 radical (unpaired) electrons. The molecule has 1 heterocycles. The number of nitrogens with one attached hydrogen (secondary N) is 1. The molecular weight excluding hydrogens is 270 g/mol. The maximum atomic E-state index is 11.7. The molecule has 0 aliphatic carbocycles. The zero-order chi connectivity index (χ0) is 15.1. The van der Waals surface area contributed by atoms with Crippen molar-refractivity contribution in [2.45, 2.75) is 6.42 Å². The largest absolute Gasteiger partial charge is 0.497 e. The Labute approximate surface area is 122 Å². The van der Waals surface area contributed by atoms with Crippen molar-refractivity contribution in [2.24, 2.45) is 10.9 Å². The fourth-order valence-corrected chi connectivity index (χ4v) is 1.64.